The van der Waals surface area contributed by atoms with Crippen LogP contribution in [0.15, 0.2) is 36.7 Å². The van der Waals surface area contributed by atoms with Crippen molar-refractivity contribution in [3.8, 4) is 0 Å². The molecule has 106 valence electrons. The Morgan fingerprint density at radius 1 is 1.35 bits per heavy atom. The van der Waals surface area contributed by atoms with Crippen LogP contribution in [0.2, 0.25) is 0 Å². The number of fused-ring (bicyclic) bond motifs is 1. The third-order valence-electron chi connectivity index (χ3n) is 4.09. The first-order valence-corrected chi connectivity index (χ1v) is 7.26. The second-order valence-electron chi connectivity index (χ2n) is 5.32. The molecule has 1 N–H and O–H groups in total. The summed E-state index contributed by atoms with van der Waals surface area (Å²) in [6.07, 6.45) is 5.07. The van der Waals surface area contributed by atoms with Gasteiger partial charge in [-0.3, -0.25) is 9.58 Å². The van der Waals surface area contributed by atoms with Gasteiger partial charge in [-0.1, -0.05) is 24.3 Å². The lowest BCUT2D eigenvalue weighted by molar-refractivity contribution is 0.108. The molecule has 0 radical (unpaired) electrons. The maximum Gasteiger partial charge on any atom is 0.0628 e. The lowest BCUT2D eigenvalue weighted by atomic mass is 9.93. The first kappa shape index (κ1) is 13.3. The van der Waals surface area contributed by atoms with E-state index in [4.69, 9.17) is 0 Å². The van der Waals surface area contributed by atoms with Gasteiger partial charge in [-0.05, 0) is 24.5 Å². The van der Waals surface area contributed by atoms with E-state index in [9.17, 15) is 5.11 Å². The molecule has 2 heterocycles. The number of aromatic nitrogens is 2. The van der Waals surface area contributed by atoms with Gasteiger partial charge in [-0.25, -0.2) is 0 Å². The number of nitrogens with zero attached hydrogens (tertiary/aromatic N) is 3. The third kappa shape index (κ3) is 2.49. The van der Waals surface area contributed by atoms with Gasteiger partial charge in [0, 0.05) is 31.4 Å². The van der Waals surface area contributed by atoms with Crippen LogP contribution in [0.5, 0.6) is 0 Å². The minimum Gasteiger partial charge on any atom is -0.394 e. The summed E-state index contributed by atoms with van der Waals surface area (Å²) in [6, 6.07) is 8.54. The number of aliphatic hydroxyl groups is 1. The zero-order valence-electron chi connectivity index (χ0n) is 11.9. The van der Waals surface area contributed by atoms with Gasteiger partial charge >= 0.3 is 0 Å². The Balaban J connectivity index is 1.80. The van der Waals surface area contributed by atoms with Gasteiger partial charge in [0.2, 0.25) is 0 Å². The quantitative estimate of drug-likeness (QED) is 0.924. The molecule has 0 amide bonds. The Bertz CT molecular complexity index is 579. The molecule has 1 aliphatic rings. The Morgan fingerprint density at radius 2 is 2.20 bits per heavy atom. The van der Waals surface area contributed by atoms with Gasteiger partial charge < -0.3 is 5.11 Å². The highest BCUT2D eigenvalue weighted by Crippen LogP contribution is 2.30. The maximum absolute atomic E-state index is 9.78. The maximum atomic E-state index is 9.78. The van der Waals surface area contributed by atoms with Crippen LogP contribution in [0, 0.1) is 0 Å². The monoisotopic (exact) mass is 271 g/mol. The molecule has 4 heteroatoms. The van der Waals surface area contributed by atoms with Gasteiger partial charge in [0.15, 0.2) is 0 Å². The molecule has 0 saturated heterocycles. The molecule has 1 aromatic carbocycles. The van der Waals surface area contributed by atoms with Crippen molar-refractivity contribution in [1.29, 1.82) is 0 Å². The van der Waals surface area contributed by atoms with E-state index < -0.39 is 0 Å². The fraction of sp³-hybridized carbons (Fsp3) is 0.438. The molecule has 2 aromatic rings. The van der Waals surface area contributed by atoms with Crippen molar-refractivity contribution in [3.05, 3.63) is 53.3 Å². The lowest BCUT2D eigenvalue weighted by Gasteiger charge is -2.36. The van der Waals surface area contributed by atoms with E-state index in [0.29, 0.717) is 0 Å². The third-order valence-corrected chi connectivity index (χ3v) is 4.09. The van der Waals surface area contributed by atoms with E-state index in [-0.39, 0.29) is 12.6 Å². The molecular weight excluding hydrogens is 250 g/mol. The van der Waals surface area contributed by atoms with E-state index in [1.807, 2.05) is 10.9 Å². The number of rotatable bonds is 4. The second-order valence-corrected chi connectivity index (χ2v) is 5.32. The van der Waals surface area contributed by atoms with Gasteiger partial charge in [0.05, 0.1) is 18.8 Å². The van der Waals surface area contributed by atoms with Crippen LogP contribution in [-0.4, -0.2) is 32.9 Å². The molecule has 4 nitrogen and oxygen atoms in total. The molecule has 0 fully saturated rings. The number of hydrogen-bond donors (Lipinski definition) is 1. The Labute approximate surface area is 119 Å². The highest BCUT2D eigenvalue weighted by Gasteiger charge is 2.26. The minimum atomic E-state index is 0.102. The van der Waals surface area contributed by atoms with Crippen LogP contribution in [0.25, 0.3) is 0 Å². The zero-order valence-corrected chi connectivity index (χ0v) is 11.9. The van der Waals surface area contributed by atoms with Crippen LogP contribution < -0.4 is 0 Å². The standard InChI is InChI=1S/C16H21N3O/c1-2-19-11-13(9-17-19)10-18-8-7-14-5-3-4-6-15(14)16(18)12-20/h3-6,9,11,16,20H,2,7-8,10,12H2,1H3. The van der Waals surface area contributed by atoms with E-state index >= 15 is 0 Å². The average Bonchev–Trinajstić information content (AvgIpc) is 2.95. The van der Waals surface area contributed by atoms with Crippen LogP contribution in [0.1, 0.15) is 29.7 Å². The number of benzene rings is 1. The van der Waals surface area contributed by atoms with Gasteiger partial charge in [-0.2, -0.15) is 5.10 Å². The van der Waals surface area contributed by atoms with Crippen molar-refractivity contribution in [1.82, 2.24) is 14.7 Å². The fourth-order valence-electron chi connectivity index (χ4n) is 3.00. The summed E-state index contributed by atoms with van der Waals surface area (Å²) in [6.45, 7) is 4.98. The van der Waals surface area contributed by atoms with Crippen molar-refractivity contribution in [2.45, 2.75) is 32.5 Å². The second kappa shape index (κ2) is 5.77. The van der Waals surface area contributed by atoms with Crippen molar-refractivity contribution in [2.24, 2.45) is 0 Å². The number of aryl methyl sites for hydroxylation is 1. The number of hydrogen-bond acceptors (Lipinski definition) is 3. The van der Waals surface area contributed by atoms with E-state index in [2.05, 4.69) is 47.4 Å². The summed E-state index contributed by atoms with van der Waals surface area (Å²) in [4.78, 5) is 2.35. The molecule has 1 aliphatic heterocycles. The Morgan fingerprint density at radius 3 is 2.95 bits per heavy atom. The number of aliphatic hydroxyl groups excluding tert-OH is 1. The van der Waals surface area contributed by atoms with Crippen LogP contribution in [-0.2, 0) is 19.5 Å². The fourth-order valence-corrected chi connectivity index (χ4v) is 3.00. The molecule has 3 rings (SSSR count). The molecular formula is C16H21N3O. The van der Waals surface area contributed by atoms with Crippen molar-refractivity contribution < 1.29 is 5.11 Å². The van der Waals surface area contributed by atoms with Crippen molar-refractivity contribution in [2.75, 3.05) is 13.2 Å². The van der Waals surface area contributed by atoms with E-state index in [1.54, 1.807) is 0 Å². The SMILES string of the molecule is CCn1cc(CN2CCc3ccccc3C2CO)cn1. The molecule has 0 aliphatic carbocycles. The van der Waals surface area contributed by atoms with E-state index in [0.717, 1.165) is 26.1 Å². The normalized spacial score (nSPS) is 19.0. The Hall–Kier alpha value is -1.65. The van der Waals surface area contributed by atoms with Gasteiger partial charge in [0.1, 0.15) is 0 Å². The highest BCUT2D eigenvalue weighted by molar-refractivity contribution is 5.32. The van der Waals surface area contributed by atoms with Crippen LogP contribution in [0.3, 0.4) is 0 Å². The largest absolute Gasteiger partial charge is 0.394 e. The zero-order chi connectivity index (χ0) is 13.9. The molecule has 1 unspecified atom stereocenters. The first-order valence-electron chi connectivity index (χ1n) is 7.26. The smallest absolute Gasteiger partial charge is 0.0628 e. The summed E-state index contributed by atoms with van der Waals surface area (Å²) in [5, 5.41) is 14.1. The summed E-state index contributed by atoms with van der Waals surface area (Å²) in [5.74, 6) is 0. The minimum absolute atomic E-state index is 0.102. The summed E-state index contributed by atoms with van der Waals surface area (Å²) >= 11 is 0. The summed E-state index contributed by atoms with van der Waals surface area (Å²) in [5.41, 5.74) is 3.85. The average molecular weight is 271 g/mol. The molecule has 1 aromatic heterocycles. The first-order chi connectivity index (χ1) is 9.81. The van der Waals surface area contributed by atoms with Gasteiger partial charge in [-0.15, -0.1) is 0 Å². The van der Waals surface area contributed by atoms with Gasteiger partial charge in [0.25, 0.3) is 0 Å². The highest BCUT2D eigenvalue weighted by atomic mass is 16.3. The Kier molecular flexibility index (Phi) is 3.85. The topological polar surface area (TPSA) is 41.3 Å². The summed E-state index contributed by atoms with van der Waals surface area (Å²) < 4.78 is 1.95. The van der Waals surface area contributed by atoms with Crippen LogP contribution in [0.4, 0.5) is 0 Å². The molecule has 0 spiro atoms. The van der Waals surface area contributed by atoms with Crippen molar-refractivity contribution >= 4 is 0 Å². The lowest BCUT2D eigenvalue weighted by Crippen LogP contribution is -2.36. The molecule has 1 atom stereocenters. The molecule has 0 bridgehead atoms. The van der Waals surface area contributed by atoms with Crippen molar-refractivity contribution in [3.63, 3.8) is 0 Å². The van der Waals surface area contributed by atoms with E-state index in [1.165, 1.54) is 16.7 Å². The molecule has 20 heavy (non-hydrogen) atoms. The van der Waals surface area contributed by atoms with Crippen LogP contribution >= 0.6 is 0 Å². The molecule has 0 saturated carbocycles. The predicted molar refractivity (Wildman–Crippen MR) is 78.3 cm³/mol. The summed E-state index contributed by atoms with van der Waals surface area (Å²) in [7, 11) is 0. The predicted octanol–water partition coefficient (Wildman–Crippen LogP) is 1.99.